The number of hydrogen-bond acceptors (Lipinski definition) is 7. The smallest absolute Gasteiger partial charge is 0.344 e. The van der Waals surface area contributed by atoms with E-state index in [-0.39, 0.29) is 18.0 Å². The lowest BCUT2D eigenvalue weighted by Crippen LogP contribution is -2.36. The van der Waals surface area contributed by atoms with E-state index in [0.717, 1.165) is 0 Å². The molecule has 9 nitrogen and oxygen atoms in total. The van der Waals surface area contributed by atoms with Crippen molar-refractivity contribution in [3.8, 4) is 5.75 Å². The van der Waals surface area contributed by atoms with Gasteiger partial charge in [-0.3, -0.25) is 14.9 Å². The van der Waals surface area contributed by atoms with Gasteiger partial charge in [0.15, 0.2) is 12.7 Å². The Bertz CT molecular complexity index is 725. The Balaban J connectivity index is 1.73. The highest BCUT2D eigenvalue weighted by atomic mass is 16.6. The van der Waals surface area contributed by atoms with E-state index in [9.17, 15) is 19.7 Å². The summed E-state index contributed by atoms with van der Waals surface area (Å²) in [6.07, 6.45) is 0.489. The highest BCUT2D eigenvalue weighted by Gasteiger charge is 2.18. The molecule has 0 aliphatic carbocycles. The van der Waals surface area contributed by atoms with Crippen LogP contribution in [0.25, 0.3) is 0 Å². The quantitative estimate of drug-likeness (QED) is 0.439. The molecule has 0 saturated heterocycles. The van der Waals surface area contributed by atoms with Crippen molar-refractivity contribution in [1.82, 2.24) is 5.32 Å². The number of ether oxygens (including phenoxy) is 2. The van der Waals surface area contributed by atoms with Gasteiger partial charge in [-0.05, 0) is 31.2 Å². The molecule has 1 amide bonds. The van der Waals surface area contributed by atoms with Crippen LogP contribution in [-0.2, 0) is 20.9 Å². The molecule has 0 bridgehead atoms. The van der Waals surface area contributed by atoms with E-state index < -0.39 is 29.5 Å². The summed E-state index contributed by atoms with van der Waals surface area (Å²) in [4.78, 5) is 33.5. The Morgan fingerprint density at radius 3 is 2.60 bits per heavy atom. The van der Waals surface area contributed by atoms with Crippen LogP contribution in [0, 0.1) is 10.1 Å². The topological polar surface area (TPSA) is 121 Å². The van der Waals surface area contributed by atoms with Crippen LogP contribution in [0.4, 0.5) is 5.69 Å². The maximum Gasteiger partial charge on any atom is 0.344 e. The van der Waals surface area contributed by atoms with Gasteiger partial charge in [0.2, 0.25) is 0 Å². The highest BCUT2D eigenvalue weighted by molar-refractivity contribution is 5.83. The number of non-ortho nitro benzene ring substituents is 1. The summed E-state index contributed by atoms with van der Waals surface area (Å²) in [6, 6.07) is 8.64. The van der Waals surface area contributed by atoms with Crippen LogP contribution < -0.4 is 10.1 Å². The number of hydrogen-bond donors (Lipinski definition) is 1. The van der Waals surface area contributed by atoms with Crippen LogP contribution in [0.15, 0.2) is 47.1 Å². The third-order valence-electron chi connectivity index (χ3n) is 3.10. The van der Waals surface area contributed by atoms with Crippen molar-refractivity contribution in [3.63, 3.8) is 0 Å². The minimum atomic E-state index is -0.997. The van der Waals surface area contributed by atoms with Crippen LogP contribution in [0.5, 0.6) is 5.75 Å². The zero-order valence-electron chi connectivity index (χ0n) is 13.3. The number of carbonyl (C=O) groups is 2. The molecule has 9 heteroatoms. The Kier molecular flexibility index (Phi) is 6.10. The number of nitrogens with zero attached hydrogens (tertiary/aromatic N) is 1. The molecule has 0 fully saturated rings. The number of esters is 1. The van der Waals surface area contributed by atoms with Gasteiger partial charge in [-0.2, -0.15) is 0 Å². The number of rotatable bonds is 8. The molecule has 2 aromatic rings. The lowest BCUT2D eigenvalue weighted by Gasteiger charge is -2.13. The van der Waals surface area contributed by atoms with Crippen molar-refractivity contribution in [3.05, 3.63) is 58.5 Å². The molecule has 1 heterocycles. The maximum atomic E-state index is 11.8. The first kappa shape index (κ1) is 18.0. The minimum Gasteiger partial charge on any atom is -0.482 e. The highest BCUT2D eigenvalue weighted by Crippen LogP contribution is 2.17. The van der Waals surface area contributed by atoms with E-state index in [1.807, 2.05) is 0 Å². The molecule has 1 atom stereocenters. The lowest BCUT2D eigenvalue weighted by molar-refractivity contribution is -0.384. The minimum absolute atomic E-state index is 0.0863. The number of carbonyl (C=O) groups excluding carboxylic acids is 2. The van der Waals surface area contributed by atoms with Crippen LogP contribution in [0.3, 0.4) is 0 Å². The molecule has 132 valence electrons. The fourth-order valence-electron chi connectivity index (χ4n) is 1.82. The summed E-state index contributed by atoms with van der Waals surface area (Å²) in [5.74, 6) is -0.357. The number of benzene rings is 1. The third-order valence-corrected chi connectivity index (χ3v) is 3.10. The SMILES string of the molecule is C[C@H](OC(=O)COc1ccc([N+](=O)[O-])cc1)C(=O)NCc1ccco1. The Morgan fingerprint density at radius 2 is 2.00 bits per heavy atom. The van der Waals surface area contributed by atoms with Gasteiger partial charge in [0.25, 0.3) is 11.6 Å². The Morgan fingerprint density at radius 1 is 1.28 bits per heavy atom. The van der Waals surface area contributed by atoms with Gasteiger partial charge in [-0.15, -0.1) is 0 Å². The van der Waals surface area contributed by atoms with Gasteiger partial charge in [-0.1, -0.05) is 0 Å². The summed E-state index contributed by atoms with van der Waals surface area (Å²) in [6.45, 7) is 1.20. The lowest BCUT2D eigenvalue weighted by atomic mass is 10.3. The predicted octanol–water partition coefficient (Wildman–Crippen LogP) is 1.81. The van der Waals surface area contributed by atoms with Gasteiger partial charge in [0.05, 0.1) is 17.7 Å². The van der Waals surface area contributed by atoms with Crippen molar-refractivity contribution in [2.75, 3.05) is 6.61 Å². The third kappa shape index (κ3) is 5.65. The average Bonchev–Trinajstić information content (AvgIpc) is 3.11. The molecule has 1 aromatic heterocycles. The van der Waals surface area contributed by atoms with E-state index in [2.05, 4.69) is 5.32 Å². The van der Waals surface area contributed by atoms with E-state index >= 15 is 0 Å². The molecule has 0 radical (unpaired) electrons. The fourth-order valence-corrected chi connectivity index (χ4v) is 1.82. The zero-order valence-corrected chi connectivity index (χ0v) is 13.3. The molecule has 2 rings (SSSR count). The molecule has 25 heavy (non-hydrogen) atoms. The van der Waals surface area contributed by atoms with Crippen molar-refractivity contribution in [2.24, 2.45) is 0 Å². The second-order valence-corrected chi connectivity index (χ2v) is 4.97. The Labute approximate surface area is 142 Å². The van der Waals surface area contributed by atoms with E-state index in [1.54, 1.807) is 12.1 Å². The number of furan rings is 1. The second-order valence-electron chi connectivity index (χ2n) is 4.97. The van der Waals surface area contributed by atoms with Gasteiger partial charge in [-0.25, -0.2) is 4.79 Å². The number of nitrogens with one attached hydrogen (secondary N) is 1. The van der Waals surface area contributed by atoms with Gasteiger partial charge in [0, 0.05) is 12.1 Å². The average molecular weight is 348 g/mol. The molecule has 1 aromatic carbocycles. The molecule has 0 aliphatic rings. The normalized spacial score (nSPS) is 11.4. The molecule has 0 spiro atoms. The van der Waals surface area contributed by atoms with Crippen LogP contribution in [0.2, 0.25) is 0 Å². The fraction of sp³-hybridized carbons (Fsp3) is 0.250. The maximum absolute atomic E-state index is 11.8. The van der Waals surface area contributed by atoms with E-state index in [4.69, 9.17) is 13.9 Å². The molecule has 0 aliphatic heterocycles. The zero-order chi connectivity index (χ0) is 18.2. The van der Waals surface area contributed by atoms with Crippen molar-refractivity contribution in [2.45, 2.75) is 19.6 Å². The van der Waals surface area contributed by atoms with E-state index in [0.29, 0.717) is 5.76 Å². The van der Waals surface area contributed by atoms with Gasteiger partial charge >= 0.3 is 5.97 Å². The van der Waals surface area contributed by atoms with Crippen molar-refractivity contribution >= 4 is 17.6 Å². The second kappa shape index (κ2) is 8.48. The van der Waals surface area contributed by atoms with Crippen LogP contribution >= 0.6 is 0 Å². The monoisotopic (exact) mass is 348 g/mol. The first-order valence-corrected chi connectivity index (χ1v) is 7.32. The summed E-state index contributed by atoms with van der Waals surface area (Å²) in [5, 5.41) is 13.1. The molecule has 0 saturated carbocycles. The standard InChI is InChI=1S/C16H16N2O7/c1-11(16(20)17-9-14-3-2-8-23-14)25-15(19)10-24-13-6-4-12(5-7-13)18(21)22/h2-8,11H,9-10H2,1H3,(H,17,20)/t11-/m0/s1. The van der Waals surface area contributed by atoms with Crippen LogP contribution in [0.1, 0.15) is 12.7 Å². The Hall–Kier alpha value is -3.36. The number of nitro groups is 1. The van der Waals surface area contributed by atoms with Crippen LogP contribution in [-0.4, -0.2) is 29.5 Å². The summed E-state index contributed by atoms with van der Waals surface area (Å²) in [5.41, 5.74) is -0.0863. The van der Waals surface area contributed by atoms with Gasteiger partial charge < -0.3 is 19.2 Å². The van der Waals surface area contributed by atoms with Gasteiger partial charge in [0.1, 0.15) is 11.5 Å². The molecular formula is C16H16N2O7. The summed E-state index contributed by atoms with van der Waals surface area (Å²) < 4.78 is 15.2. The first-order valence-electron chi connectivity index (χ1n) is 7.32. The molecule has 0 unspecified atom stereocenters. The number of amides is 1. The first-order chi connectivity index (χ1) is 12.0. The number of nitro benzene ring substituents is 1. The summed E-state index contributed by atoms with van der Waals surface area (Å²) in [7, 11) is 0. The molecular weight excluding hydrogens is 332 g/mol. The molecule has 1 N–H and O–H groups in total. The van der Waals surface area contributed by atoms with E-state index in [1.165, 1.54) is 37.5 Å². The summed E-state index contributed by atoms with van der Waals surface area (Å²) >= 11 is 0. The predicted molar refractivity (Wildman–Crippen MR) is 84.7 cm³/mol. The van der Waals surface area contributed by atoms with Crippen molar-refractivity contribution < 1.29 is 28.4 Å². The largest absolute Gasteiger partial charge is 0.482 e. The van der Waals surface area contributed by atoms with Crippen molar-refractivity contribution in [1.29, 1.82) is 0 Å².